The molecule has 0 spiro atoms. The fourth-order valence-corrected chi connectivity index (χ4v) is 1.92. The maximum Gasteiger partial charge on any atom is 0.239 e. The number of nitrogens with one attached hydrogen (secondary N) is 2. The van der Waals surface area contributed by atoms with E-state index in [4.69, 9.17) is 0 Å². The molecular weight excluding hydrogens is 230 g/mol. The van der Waals surface area contributed by atoms with Gasteiger partial charge in [0.05, 0.1) is 5.54 Å². The summed E-state index contributed by atoms with van der Waals surface area (Å²) in [5.41, 5.74) is -0.589. The van der Waals surface area contributed by atoms with Gasteiger partial charge in [0.2, 0.25) is 11.8 Å². The molecule has 1 heterocycles. The van der Waals surface area contributed by atoms with E-state index in [1.54, 1.807) is 7.05 Å². The van der Waals surface area contributed by atoms with Gasteiger partial charge in [0.25, 0.3) is 0 Å². The van der Waals surface area contributed by atoms with Crippen molar-refractivity contribution in [2.45, 2.75) is 45.1 Å². The normalized spacial score (nSPS) is 16.5. The van der Waals surface area contributed by atoms with Crippen molar-refractivity contribution in [3.8, 4) is 0 Å². The van der Waals surface area contributed by atoms with E-state index in [0.717, 1.165) is 25.9 Å². The Morgan fingerprint density at radius 1 is 1.17 bits per heavy atom. The zero-order valence-electron chi connectivity index (χ0n) is 11.7. The highest BCUT2D eigenvalue weighted by Gasteiger charge is 2.25. The van der Waals surface area contributed by atoms with Crippen LogP contribution in [0.15, 0.2) is 0 Å². The zero-order chi connectivity index (χ0) is 13.6. The largest absolute Gasteiger partial charge is 0.354 e. The molecule has 5 nitrogen and oxygen atoms in total. The van der Waals surface area contributed by atoms with Crippen molar-refractivity contribution in [2.75, 3.05) is 26.7 Å². The van der Waals surface area contributed by atoms with Crippen LogP contribution in [-0.2, 0) is 9.59 Å². The Hall–Kier alpha value is -1.10. The summed E-state index contributed by atoms with van der Waals surface area (Å²) in [5.74, 6) is 0.0775. The SMILES string of the molecule is CNC(C)(C)C(=O)NCCC(=O)N1CCCCC1. The molecule has 0 aromatic heterocycles. The first-order chi connectivity index (χ1) is 8.47. The van der Waals surface area contributed by atoms with Gasteiger partial charge in [-0.3, -0.25) is 9.59 Å². The predicted molar refractivity (Wildman–Crippen MR) is 71.2 cm³/mol. The molecule has 2 amide bonds. The molecule has 0 aliphatic carbocycles. The van der Waals surface area contributed by atoms with Crippen LogP contribution in [0.4, 0.5) is 0 Å². The second-order valence-electron chi connectivity index (χ2n) is 5.32. The first kappa shape index (κ1) is 15.0. The number of hydrogen-bond donors (Lipinski definition) is 2. The summed E-state index contributed by atoms with van der Waals surface area (Å²) in [6.07, 6.45) is 3.82. The van der Waals surface area contributed by atoms with E-state index in [1.165, 1.54) is 6.42 Å². The Bertz CT molecular complexity index is 297. The predicted octanol–water partition coefficient (Wildman–Crippen LogP) is 0.503. The van der Waals surface area contributed by atoms with Gasteiger partial charge >= 0.3 is 0 Å². The molecule has 0 bridgehead atoms. The number of likely N-dealkylation sites (N-methyl/N-ethyl adjacent to an activating group) is 1. The van der Waals surface area contributed by atoms with Gasteiger partial charge in [-0.05, 0) is 40.2 Å². The maximum atomic E-state index is 11.9. The van der Waals surface area contributed by atoms with Gasteiger partial charge < -0.3 is 15.5 Å². The fraction of sp³-hybridized carbons (Fsp3) is 0.846. The van der Waals surface area contributed by atoms with Crippen molar-refractivity contribution in [1.29, 1.82) is 0 Å². The van der Waals surface area contributed by atoms with Gasteiger partial charge in [-0.1, -0.05) is 0 Å². The van der Waals surface area contributed by atoms with Crippen molar-refractivity contribution in [3.05, 3.63) is 0 Å². The number of hydrogen-bond acceptors (Lipinski definition) is 3. The van der Waals surface area contributed by atoms with Gasteiger partial charge in [0.1, 0.15) is 0 Å². The summed E-state index contributed by atoms with van der Waals surface area (Å²) < 4.78 is 0. The van der Waals surface area contributed by atoms with Crippen LogP contribution in [0, 0.1) is 0 Å². The number of carbonyl (C=O) groups excluding carboxylic acids is 2. The quantitative estimate of drug-likeness (QED) is 0.752. The molecular formula is C13H25N3O2. The van der Waals surface area contributed by atoms with Crippen LogP contribution in [0.3, 0.4) is 0 Å². The summed E-state index contributed by atoms with van der Waals surface area (Å²) in [5, 5.41) is 5.73. The first-order valence-electron chi connectivity index (χ1n) is 6.72. The third-order valence-electron chi connectivity index (χ3n) is 3.53. The molecule has 0 unspecified atom stereocenters. The minimum atomic E-state index is -0.589. The molecule has 18 heavy (non-hydrogen) atoms. The zero-order valence-corrected chi connectivity index (χ0v) is 11.7. The van der Waals surface area contributed by atoms with Crippen molar-refractivity contribution in [3.63, 3.8) is 0 Å². The Kier molecular flexibility index (Phi) is 5.59. The van der Waals surface area contributed by atoms with Crippen LogP contribution in [0.5, 0.6) is 0 Å². The van der Waals surface area contributed by atoms with Crippen LogP contribution in [0.2, 0.25) is 0 Å². The van der Waals surface area contributed by atoms with E-state index in [2.05, 4.69) is 10.6 Å². The lowest BCUT2D eigenvalue weighted by atomic mass is 10.1. The van der Waals surface area contributed by atoms with Crippen molar-refractivity contribution >= 4 is 11.8 Å². The van der Waals surface area contributed by atoms with Gasteiger partial charge in [0.15, 0.2) is 0 Å². The third-order valence-corrected chi connectivity index (χ3v) is 3.53. The molecule has 1 saturated heterocycles. The van der Waals surface area contributed by atoms with E-state index in [1.807, 2.05) is 18.7 Å². The smallest absolute Gasteiger partial charge is 0.239 e. The van der Waals surface area contributed by atoms with E-state index < -0.39 is 5.54 Å². The molecule has 0 saturated carbocycles. The van der Waals surface area contributed by atoms with E-state index >= 15 is 0 Å². The number of carbonyl (C=O) groups is 2. The Morgan fingerprint density at radius 2 is 1.78 bits per heavy atom. The molecule has 5 heteroatoms. The first-order valence-corrected chi connectivity index (χ1v) is 6.72. The van der Waals surface area contributed by atoms with Crippen molar-refractivity contribution < 1.29 is 9.59 Å². The summed E-state index contributed by atoms with van der Waals surface area (Å²) >= 11 is 0. The molecule has 1 rings (SSSR count). The Balaban J connectivity index is 2.24. The second-order valence-corrected chi connectivity index (χ2v) is 5.32. The van der Waals surface area contributed by atoms with Crippen LogP contribution in [0.1, 0.15) is 39.5 Å². The number of piperidine rings is 1. The molecule has 0 atom stereocenters. The average molecular weight is 255 g/mol. The monoisotopic (exact) mass is 255 g/mol. The van der Waals surface area contributed by atoms with Gasteiger partial charge in [-0.25, -0.2) is 0 Å². The molecule has 0 radical (unpaired) electrons. The number of likely N-dealkylation sites (tertiary alicyclic amines) is 1. The summed E-state index contributed by atoms with van der Waals surface area (Å²) in [6.45, 7) is 5.78. The Morgan fingerprint density at radius 3 is 2.33 bits per heavy atom. The van der Waals surface area contributed by atoms with Gasteiger partial charge in [-0.15, -0.1) is 0 Å². The molecule has 1 aliphatic rings. The van der Waals surface area contributed by atoms with Gasteiger partial charge in [0, 0.05) is 26.1 Å². The summed E-state index contributed by atoms with van der Waals surface area (Å²) in [7, 11) is 1.75. The van der Waals surface area contributed by atoms with E-state index in [-0.39, 0.29) is 11.8 Å². The number of nitrogens with zero attached hydrogens (tertiary/aromatic N) is 1. The van der Waals surface area contributed by atoms with Crippen LogP contribution in [-0.4, -0.2) is 48.9 Å². The van der Waals surface area contributed by atoms with Crippen LogP contribution in [0.25, 0.3) is 0 Å². The molecule has 2 N–H and O–H groups in total. The van der Waals surface area contributed by atoms with Crippen LogP contribution < -0.4 is 10.6 Å². The minimum absolute atomic E-state index is 0.0727. The molecule has 104 valence electrons. The highest BCUT2D eigenvalue weighted by molar-refractivity contribution is 5.86. The second kappa shape index (κ2) is 6.73. The van der Waals surface area contributed by atoms with Crippen LogP contribution >= 0.6 is 0 Å². The van der Waals surface area contributed by atoms with E-state index in [9.17, 15) is 9.59 Å². The van der Waals surface area contributed by atoms with Crippen molar-refractivity contribution in [2.24, 2.45) is 0 Å². The van der Waals surface area contributed by atoms with E-state index in [0.29, 0.717) is 13.0 Å². The lowest BCUT2D eigenvalue weighted by molar-refractivity contribution is -0.132. The third kappa shape index (κ3) is 4.29. The highest BCUT2D eigenvalue weighted by atomic mass is 16.2. The average Bonchev–Trinajstić information content (AvgIpc) is 2.39. The van der Waals surface area contributed by atoms with Gasteiger partial charge in [-0.2, -0.15) is 0 Å². The molecule has 0 aromatic rings. The molecule has 1 aliphatic heterocycles. The summed E-state index contributed by atoms with van der Waals surface area (Å²) in [4.78, 5) is 25.5. The molecule has 0 aromatic carbocycles. The standard InChI is InChI=1S/C13H25N3O2/c1-13(2,14-3)12(18)15-8-7-11(17)16-9-5-4-6-10-16/h14H,4-10H2,1-3H3,(H,15,18). The Labute approximate surface area is 109 Å². The number of amides is 2. The fourth-order valence-electron chi connectivity index (χ4n) is 1.92. The maximum absolute atomic E-state index is 11.9. The highest BCUT2D eigenvalue weighted by Crippen LogP contribution is 2.09. The molecule has 1 fully saturated rings. The number of rotatable bonds is 5. The summed E-state index contributed by atoms with van der Waals surface area (Å²) in [6, 6.07) is 0. The topological polar surface area (TPSA) is 61.4 Å². The lowest BCUT2D eigenvalue weighted by Crippen LogP contribution is -2.51. The van der Waals surface area contributed by atoms with Crippen molar-refractivity contribution in [1.82, 2.24) is 15.5 Å². The lowest BCUT2D eigenvalue weighted by Gasteiger charge is -2.27. The minimum Gasteiger partial charge on any atom is -0.354 e.